The van der Waals surface area contributed by atoms with Gasteiger partial charge in [-0.15, -0.1) is 16.7 Å². The molecule has 3 rings (SSSR count). The Labute approximate surface area is 126 Å². The lowest BCUT2D eigenvalue weighted by Crippen LogP contribution is -2.05. The molecule has 0 fully saturated rings. The lowest BCUT2D eigenvalue weighted by molar-refractivity contribution is 0.762. The molecule has 1 aliphatic heterocycles. The number of fused-ring (bicyclic) bond motifs is 1. The van der Waals surface area contributed by atoms with Crippen molar-refractivity contribution < 1.29 is 0 Å². The normalized spacial score (nSPS) is 14.3. The smallest absolute Gasteiger partial charge is 0.174 e. The Bertz CT molecular complexity index is 734. The fourth-order valence-electron chi connectivity index (χ4n) is 1.66. The van der Waals surface area contributed by atoms with E-state index in [4.69, 9.17) is 34.8 Å². The van der Waals surface area contributed by atoms with Crippen LogP contribution < -0.4 is 0 Å². The quantitative estimate of drug-likeness (QED) is 0.665. The van der Waals surface area contributed by atoms with Gasteiger partial charge in [0.2, 0.25) is 0 Å². The van der Waals surface area contributed by atoms with E-state index in [0.717, 1.165) is 11.4 Å². The van der Waals surface area contributed by atoms with Crippen LogP contribution in [0.15, 0.2) is 14.8 Å². The van der Waals surface area contributed by atoms with Gasteiger partial charge in [-0.1, -0.05) is 23.2 Å². The molecule has 0 N–H and O–H groups in total. The molecule has 2 heterocycles. The molecule has 0 amide bonds. The highest BCUT2D eigenvalue weighted by Gasteiger charge is 2.24. The summed E-state index contributed by atoms with van der Waals surface area (Å²) < 4.78 is 9.79. The highest BCUT2D eigenvalue weighted by atomic mass is 35.5. The Balaban J connectivity index is 2.30. The largest absolute Gasteiger partial charge is 0.192 e. The first-order valence-electron chi connectivity index (χ1n) is 5.12. The van der Waals surface area contributed by atoms with Crippen molar-refractivity contribution in [3.8, 4) is 5.69 Å². The van der Waals surface area contributed by atoms with Crippen LogP contribution in [0.3, 0.4) is 0 Å². The Morgan fingerprint density at radius 1 is 1.21 bits per heavy atom. The number of alkyl halides is 1. The number of halogens is 3. The maximum Gasteiger partial charge on any atom is 0.174 e. The molecule has 0 radical (unpaired) electrons. The zero-order chi connectivity index (χ0) is 13.6. The molecular weight excluding hydrogens is 331 g/mol. The molecule has 1 atom stereocenters. The van der Waals surface area contributed by atoms with Gasteiger partial charge in [0.1, 0.15) is 17.1 Å². The third-order valence-corrected chi connectivity index (χ3v) is 3.78. The molecule has 1 aromatic heterocycles. The average Bonchev–Trinajstić information content (AvgIpc) is 2.96. The third-order valence-electron chi connectivity index (χ3n) is 2.48. The van der Waals surface area contributed by atoms with Gasteiger partial charge in [-0.05, 0) is 23.4 Å². The van der Waals surface area contributed by atoms with E-state index in [0.29, 0.717) is 32.9 Å². The number of hydrogen-bond donors (Lipinski definition) is 0. The first-order valence-corrected chi connectivity index (χ1v) is 7.05. The Hall–Kier alpha value is -1.02. The monoisotopic (exact) mass is 334 g/mol. The van der Waals surface area contributed by atoms with Crippen molar-refractivity contribution in [3.05, 3.63) is 21.9 Å². The number of benzene rings is 1. The maximum atomic E-state index is 6.23. The second-order valence-corrected chi connectivity index (χ2v) is 5.71. The lowest BCUT2D eigenvalue weighted by Gasteiger charge is -2.11. The van der Waals surface area contributed by atoms with Crippen LogP contribution in [0.1, 0.15) is 18.1 Å². The zero-order valence-electron chi connectivity index (χ0n) is 9.38. The number of aromatic nitrogens is 4. The number of tetrazole rings is 1. The molecule has 6 nitrogen and oxygen atoms in total. The highest BCUT2D eigenvalue weighted by molar-refractivity contribution is 7.58. The molecule has 2 aromatic rings. The van der Waals surface area contributed by atoms with Gasteiger partial charge in [0.25, 0.3) is 0 Å². The molecule has 0 saturated heterocycles. The number of rotatable bonds is 2. The van der Waals surface area contributed by atoms with E-state index in [-0.39, 0.29) is 5.38 Å². The maximum absolute atomic E-state index is 6.23. The molecule has 0 spiro atoms. The van der Waals surface area contributed by atoms with Crippen LogP contribution in [-0.4, -0.2) is 20.2 Å². The Morgan fingerprint density at radius 3 is 2.68 bits per heavy atom. The van der Waals surface area contributed by atoms with Crippen molar-refractivity contribution in [3.63, 3.8) is 0 Å². The van der Waals surface area contributed by atoms with Gasteiger partial charge in [0, 0.05) is 0 Å². The first kappa shape index (κ1) is 13.0. The Kier molecular flexibility index (Phi) is 3.30. The SMILES string of the molecule is CC(Cl)c1nnnn1-c1c(Cl)cc(Cl)c2c1N=S=N2. The van der Waals surface area contributed by atoms with Crippen LogP contribution in [0.25, 0.3) is 5.69 Å². The second-order valence-electron chi connectivity index (χ2n) is 3.72. The predicted octanol–water partition coefficient (Wildman–Crippen LogP) is 4.00. The van der Waals surface area contributed by atoms with Gasteiger partial charge in [-0.2, -0.15) is 13.4 Å². The predicted molar refractivity (Wildman–Crippen MR) is 75.0 cm³/mol. The van der Waals surface area contributed by atoms with E-state index >= 15 is 0 Å². The summed E-state index contributed by atoms with van der Waals surface area (Å²) in [5.74, 6) is 0.472. The second kappa shape index (κ2) is 4.82. The van der Waals surface area contributed by atoms with Crippen molar-refractivity contribution in [1.82, 2.24) is 20.2 Å². The van der Waals surface area contributed by atoms with Gasteiger partial charge >= 0.3 is 0 Å². The number of hydrogen-bond acceptors (Lipinski definition) is 5. The van der Waals surface area contributed by atoms with E-state index < -0.39 is 0 Å². The van der Waals surface area contributed by atoms with Crippen LogP contribution in [0.4, 0.5) is 11.4 Å². The standard InChI is InChI=1S/C9H5Cl3N6S/c1-3(10)9-13-16-17-18(9)8-5(12)2-4(11)6-7(8)15-19-14-6/h2-3H,1H3. The highest BCUT2D eigenvalue weighted by Crippen LogP contribution is 2.46. The van der Waals surface area contributed by atoms with Crippen LogP contribution in [0.2, 0.25) is 10.0 Å². The Morgan fingerprint density at radius 2 is 1.95 bits per heavy atom. The van der Waals surface area contributed by atoms with Gasteiger partial charge in [-0.25, -0.2) is 0 Å². The summed E-state index contributed by atoms with van der Waals surface area (Å²) in [6.07, 6.45) is 0. The topological polar surface area (TPSA) is 68.3 Å². The molecule has 0 bridgehead atoms. The van der Waals surface area contributed by atoms with Gasteiger partial charge in [0.05, 0.1) is 26.8 Å². The van der Waals surface area contributed by atoms with Crippen molar-refractivity contribution in [1.29, 1.82) is 0 Å². The molecule has 0 aliphatic carbocycles. The summed E-state index contributed by atoms with van der Waals surface area (Å²) in [5, 5.41) is 11.9. The minimum absolute atomic E-state index is 0.372. The molecule has 0 saturated carbocycles. The summed E-state index contributed by atoms with van der Waals surface area (Å²) in [5.41, 5.74) is 1.64. The summed E-state index contributed by atoms with van der Waals surface area (Å²) in [7, 11) is 0. The van der Waals surface area contributed by atoms with Gasteiger partial charge in [-0.3, -0.25) is 0 Å². The molecule has 1 aliphatic rings. The molecule has 19 heavy (non-hydrogen) atoms. The average molecular weight is 336 g/mol. The van der Waals surface area contributed by atoms with E-state index in [2.05, 4.69) is 24.3 Å². The van der Waals surface area contributed by atoms with Crippen LogP contribution in [0, 0.1) is 0 Å². The minimum atomic E-state index is -0.372. The van der Waals surface area contributed by atoms with Crippen LogP contribution in [-0.2, 0) is 11.4 Å². The molecule has 10 heteroatoms. The lowest BCUT2D eigenvalue weighted by atomic mass is 10.2. The minimum Gasteiger partial charge on any atom is -0.192 e. The summed E-state index contributed by atoms with van der Waals surface area (Å²) in [6.45, 7) is 1.77. The van der Waals surface area contributed by atoms with Crippen molar-refractivity contribution >= 4 is 57.5 Å². The van der Waals surface area contributed by atoms with Crippen LogP contribution >= 0.6 is 34.8 Å². The van der Waals surface area contributed by atoms with E-state index in [1.54, 1.807) is 13.0 Å². The van der Waals surface area contributed by atoms with E-state index in [1.165, 1.54) is 4.68 Å². The van der Waals surface area contributed by atoms with E-state index in [9.17, 15) is 0 Å². The molecule has 1 aromatic carbocycles. The van der Waals surface area contributed by atoms with Gasteiger partial charge in [0.15, 0.2) is 5.82 Å². The molecule has 98 valence electrons. The van der Waals surface area contributed by atoms with Gasteiger partial charge < -0.3 is 0 Å². The van der Waals surface area contributed by atoms with Crippen molar-refractivity contribution in [2.45, 2.75) is 12.3 Å². The van der Waals surface area contributed by atoms with E-state index in [1.807, 2.05) is 0 Å². The number of nitrogens with zero attached hydrogens (tertiary/aromatic N) is 6. The van der Waals surface area contributed by atoms with Crippen molar-refractivity contribution in [2.24, 2.45) is 8.73 Å². The fourth-order valence-corrected chi connectivity index (χ4v) is 2.99. The zero-order valence-corrected chi connectivity index (χ0v) is 12.5. The third kappa shape index (κ3) is 2.06. The van der Waals surface area contributed by atoms with Crippen molar-refractivity contribution in [2.75, 3.05) is 0 Å². The fraction of sp³-hybridized carbons (Fsp3) is 0.222. The summed E-state index contributed by atoms with van der Waals surface area (Å²) in [4.78, 5) is 0. The summed E-state index contributed by atoms with van der Waals surface area (Å²) in [6, 6.07) is 1.59. The summed E-state index contributed by atoms with van der Waals surface area (Å²) >= 11 is 19.4. The van der Waals surface area contributed by atoms with Crippen LogP contribution in [0.5, 0.6) is 0 Å². The molecule has 1 unspecified atom stereocenters. The first-order chi connectivity index (χ1) is 9.09. The molecular formula is C9H5Cl3N6S.